The monoisotopic (exact) mass is 346 g/mol. The lowest BCUT2D eigenvalue weighted by Gasteiger charge is -2.34. The summed E-state index contributed by atoms with van der Waals surface area (Å²) >= 11 is 1.61. The Bertz CT molecular complexity index is 619. The Morgan fingerprint density at radius 2 is 2.04 bits per heavy atom. The third-order valence-electron chi connectivity index (χ3n) is 5.10. The minimum atomic E-state index is -0.0960. The molecule has 1 fully saturated rings. The summed E-state index contributed by atoms with van der Waals surface area (Å²) in [6, 6.07) is 8.12. The highest BCUT2D eigenvalue weighted by molar-refractivity contribution is 8.01. The second-order valence-corrected chi connectivity index (χ2v) is 8.09. The first kappa shape index (κ1) is 17.3. The molecule has 0 bridgehead atoms. The number of hydrogen-bond acceptors (Lipinski definition) is 3. The van der Waals surface area contributed by atoms with Crippen LogP contribution in [0, 0.1) is 5.92 Å². The Morgan fingerprint density at radius 1 is 1.29 bits per heavy atom. The van der Waals surface area contributed by atoms with Crippen LogP contribution >= 0.6 is 11.8 Å². The Balaban J connectivity index is 1.72. The normalized spacial score (nSPS) is 26.8. The van der Waals surface area contributed by atoms with E-state index in [1.54, 1.807) is 16.7 Å². The number of thioether (sulfide) groups is 1. The average Bonchev–Trinajstić information content (AvgIpc) is 2.59. The second kappa shape index (κ2) is 7.60. The minimum Gasteiger partial charge on any atom is -0.352 e. The van der Waals surface area contributed by atoms with Gasteiger partial charge in [0.25, 0.3) is 0 Å². The fourth-order valence-electron chi connectivity index (χ4n) is 3.62. The van der Waals surface area contributed by atoms with Gasteiger partial charge in [-0.25, -0.2) is 0 Å². The minimum absolute atomic E-state index is 0.0429. The first-order valence-corrected chi connectivity index (χ1v) is 9.84. The molecule has 0 aromatic heterocycles. The van der Waals surface area contributed by atoms with Crippen LogP contribution in [0.4, 0.5) is 5.69 Å². The highest BCUT2D eigenvalue weighted by atomic mass is 32.2. The summed E-state index contributed by atoms with van der Waals surface area (Å²) < 4.78 is 0. The van der Waals surface area contributed by atoms with Crippen molar-refractivity contribution in [2.24, 2.45) is 5.92 Å². The van der Waals surface area contributed by atoms with Crippen molar-refractivity contribution in [1.82, 2.24) is 5.32 Å². The number of anilines is 1. The van der Waals surface area contributed by atoms with Crippen LogP contribution in [0.15, 0.2) is 29.2 Å². The molecule has 1 aromatic carbocycles. The van der Waals surface area contributed by atoms with E-state index in [0.29, 0.717) is 5.92 Å². The zero-order valence-electron chi connectivity index (χ0n) is 14.5. The van der Waals surface area contributed by atoms with E-state index in [9.17, 15) is 9.59 Å². The van der Waals surface area contributed by atoms with E-state index in [-0.39, 0.29) is 29.7 Å². The van der Waals surface area contributed by atoms with Crippen molar-refractivity contribution in [3.05, 3.63) is 24.3 Å². The van der Waals surface area contributed by atoms with E-state index in [1.807, 2.05) is 31.2 Å². The maximum absolute atomic E-state index is 12.7. The molecule has 24 heavy (non-hydrogen) atoms. The topological polar surface area (TPSA) is 49.4 Å². The standard InChI is InChI=1S/C19H26N2O2S/c1-3-16-19(23)21(15-10-6-7-11-17(15)24-16)12-18(22)20-14-9-5-4-8-13(14)2/h6-7,10-11,13-14,16H,3-5,8-9,12H2,1-2H3,(H,20,22)/t13-,14-,16+/m1/s1. The predicted octanol–water partition coefficient (Wildman–Crippen LogP) is 3.60. The van der Waals surface area contributed by atoms with Crippen LogP contribution in [-0.4, -0.2) is 29.7 Å². The summed E-state index contributed by atoms with van der Waals surface area (Å²) in [5.41, 5.74) is 0.865. The van der Waals surface area contributed by atoms with E-state index in [2.05, 4.69) is 12.2 Å². The number of benzene rings is 1. The van der Waals surface area contributed by atoms with Crippen LogP contribution in [0.2, 0.25) is 0 Å². The molecule has 1 N–H and O–H groups in total. The Kier molecular flexibility index (Phi) is 5.49. The van der Waals surface area contributed by atoms with Crippen molar-refractivity contribution in [3.63, 3.8) is 0 Å². The summed E-state index contributed by atoms with van der Waals surface area (Å²) in [7, 11) is 0. The van der Waals surface area contributed by atoms with E-state index < -0.39 is 0 Å². The summed E-state index contributed by atoms with van der Waals surface area (Å²) in [5.74, 6) is 0.526. The molecule has 1 saturated carbocycles. The highest BCUT2D eigenvalue weighted by Crippen LogP contribution is 2.39. The SMILES string of the molecule is CC[C@@H]1Sc2ccccc2N(CC(=O)N[C@@H]2CCCC[C@H]2C)C1=O. The summed E-state index contributed by atoms with van der Waals surface area (Å²) in [5, 5.41) is 3.06. The lowest BCUT2D eigenvalue weighted by molar-refractivity contribution is -0.124. The predicted molar refractivity (Wildman–Crippen MR) is 98.3 cm³/mol. The molecule has 4 nitrogen and oxygen atoms in total. The van der Waals surface area contributed by atoms with E-state index >= 15 is 0 Å². The lowest BCUT2D eigenvalue weighted by atomic mass is 9.86. The van der Waals surface area contributed by atoms with E-state index in [4.69, 9.17) is 0 Å². The van der Waals surface area contributed by atoms with Crippen LogP contribution in [0.1, 0.15) is 46.0 Å². The van der Waals surface area contributed by atoms with Gasteiger partial charge in [0.2, 0.25) is 11.8 Å². The number of nitrogens with zero attached hydrogens (tertiary/aromatic N) is 1. The maximum Gasteiger partial charge on any atom is 0.240 e. The Hall–Kier alpha value is -1.49. The molecule has 5 heteroatoms. The summed E-state index contributed by atoms with van der Waals surface area (Å²) in [6.07, 6.45) is 5.42. The first-order chi connectivity index (χ1) is 11.6. The van der Waals surface area contributed by atoms with Gasteiger partial charge in [-0.2, -0.15) is 0 Å². The van der Waals surface area contributed by atoms with Crippen molar-refractivity contribution in [3.8, 4) is 0 Å². The number of rotatable bonds is 4. The van der Waals surface area contributed by atoms with Gasteiger partial charge in [-0.15, -0.1) is 11.8 Å². The zero-order chi connectivity index (χ0) is 17.1. The summed E-state index contributed by atoms with van der Waals surface area (Å²) in [4.78, 5) is 28.1. The molecule has 1 aromatic rings. The molecule has 2 aliphatic rings. The number of nitrogens with one attached hydrogen (secondary N) is 1. The third kappa shape index (κ3) is 3.61. The molecule has 0 spiro atoms. The van der Waals surface area contributed by atoms with Gasteiger partial charge in [-0.3, -0.25) is 9.59 Å². The molecular weight excluding hydrogens is 320 g/mol. The highest BCUT2D eigenvalue weighted by Gasteiger charge is 2.34. The molecule has 3 rings (SSSR count). The van der Waals surface area contributed by atoms with Gasteiger partial charge in [0.05, 0.1) is 10.9 Å². The number of carbonyl (C=O) groups excluding carboxylic acids is 2. The van der Waals surface area contributed by atoms with E-state index in [0.717, 1.165) is 23.4 Å². The average molecular weight is 346 g/mol. The molecular formula is C19H26N2O2S. The largest absolute Gasteiger partial charge is 0.352 e. The van der Waals surface area contributed by atoms with Crippen LogP contribution in [0.3, 0.4) is 0 Å². The molecule has 0 unspecified atom stereocenters. The molecule has 1 heterocycles. The Labute approximate surface area is 148 Å². The fourth-order valence-corrected chi connectivity index (χ4v) is 4.78. The lowest BCUT2D eigenvalue weighted by Crippen LogP contribution is -2.49. The van der Waals surface area contributed by atoms with Crippen LogP contribution < -0.4 is 10.2 Å². The smallest absolute Gasteiger partial charge is 0.240 e. The maximum atomic E-state index is 12.7. The van der Waals surface area contributed by atoms with E-state index in [1.165, 1.54) is 19.3 Å². The fraction of sp³-hybridized carbons (Fsp3) is 0.579. The summed E-state index contributed by atoms with van der Waals surface area (Å²) in [6.45, 7) is 4.34. The van der Waals surface area contributed by atoms with Gasteiger partial charge in [-0.05, 0) is 37.3 Å². The van der Waals surface area contributed by atoms with Crippen LogP contribution in [0.5, 0.6) is 0 Å². The number of amides is 2. The van der Waals surface area contributed by atoms with Gasteiger partial charge >= 0.3 is 0 Å². The molecule has 1 aliphatic heterocycles. The van der Waals surface area contributed by atoms with Gasteiger partial charge in [0.15, 0.2) is 0 Å². The molecule has 1 aliphatic carbocycles. The van der Waals surface area contributed by atoms with Crippen molar-refractivity contribution in [2.75, 3.05) is 11.4 Å². The van der Waals surface area contributed by atoms with Crippen molar-refractivity contribution < 1.29 is 9.59 Å². The number of fused-ring (bicyclic) bond motifs is 1. The van der Waals surface area contributed by atoms with Crippen LogP contribution in [-0.2, 0) is 9.59 Å². The molecule has 0 saturated heterocycles. The number of hydrogen-bond donors (Lipinski definition) is 1. The Morgan fingerprint density at radius 3 is 2.79 bits per heavy atom. The van der Waals surface area contributed by atoms with Crippen molar-refractivity contribution in [1.29, 1.82) is 0 Å². The zero-order valence-corrected chi connectivity index (χ0v) is 15.3. The van der Waals surface area contributed by atoms with Gasteiger partial charge in [0, 0.05) is 10.9 Å². The molecule has 2 amide bonds. The number of para-hydroxylation sites is 1. The van der Waals surface area contributed by atoms with Gasteiger partial charge in [0.1, 0.15) is 6.54 Å². The number of carbonyl (C=O) groups is 2. The molecule has 130 valence electrons. The van der Waals surface area contributed by atoms with Crippen molar-refractivity contribution >= 4 is 29.3 Å². The van der Waals surface area contributed by atoms with Gasteiger partial charge in [-0.1, -0.05) is 38.8 Å². The quantitative estimate of drug-likeness (QED) is 0.906. The van der Waals surface area contributed by atoms with Crippen molar-refractivity contribution in [2.45, 2.75) is 62.1 Å². The van der Waals surface area contributed by atoms with Gasteiger partial charge < -0.3 is 10.2 Å². The molecule has 0 radical (unpaired) electrons. The third-order valence-corrected chi connectivity index (χ3v) is 6.52. The van der Waals surface area contributed by atoms with Crippen LogP contribution in [0.25, 0.3) is 0 Å². The molecule has 3 atom stereocenters. The second-order valence-electron chi connectivity index (χ2n) is 6.84. The first-order valence-electron chi connectivity index (χ1n) is 8.96.